The number of aryl methyl sites for hydroxylation is 1. The minimum atomic E-state index is -0.797. The first-order chi connectivity index (χ1) is 13.9. The summed E-state index contributed by atoms with van der Waals surface area (Å²) in [4.78, 5) is 35.3. The van der Waals surface area contributed by atoms with Gasteiger partial charge < -0.3 is 20.2 Å². The van der Waals surface area contributed by atoms with Gasteiger partial charge in [0.05, 0.1) is 0 Å². The van der Waals surface area contributed by atoms with E-state index >= 15 is 0 Å². The maximum atomic E-state index is 12.4. The van der Waals surface area contributed by atoms with Crippen LogP contribution in [0.5, 0.6) is 5.75 Å². The minimum Gasteiger partial charge on any atom is -0.481 e. The highest BCUT2D eigenvalue weighted by Crippen LogP contribution is 2.24. The number of rotatable bonds is 7. The van der Waals surface area contributed by atoms with Crippen LogP contribution in [0.25, 0.3) is 11.0 Å². The average molecular weight is 394 g/mol. The SMILES string of the molecule is CCCc1cc(=O)oc2cc(OC(C)C(=O)Nc3ccc(C(N)=O)cc3)ccc12. The topological polar surface area (TPSA) is 112 Å². The Morgan fingerprint density at radius 1 is 1.14 bits per heavy atom. The quantitative estimate of drug-likeness (QED) is 0.598. The van der Waals surface area contributed by atoms with Crippen molar-refractivity contribution in [3.05, 3.63) is 70.1 Å². The van der Waals surface area contributed by atoms with Gasteiger partial charge in [-0.2, -0.15) is 0 Å². The number of hydrogen-bond donors (Lipinski definition) is 2. The third-order valence-corrected chi connectivity index (χ3v) is 4.44. The molecular formula is C22H22N2O5. The molecule has 2 amide bonds. The molecule has 0 aliphatic heterocycles. The second kappa shape index (κ2) is 8.60. The monoisotopic (exact) mass is 394 g/mol. The average Bonchev–Trinajstić information content (AvgIpc) is 2.68. The lowest BCUT2D eigenvalue weighted by molar-refractivity contribution is -0.122. The van der Waals surface area contributed by atoms with Gasteiger partial charge in [-0.05, 0) is 55.3 Å². The van der Waals surface area contributed by atoms with Gasteiger partial charge in [-0.25, -0.2) is 4.79 Å². The van der Waals surface area contributed by atoms with E-state index in [1.165, 1.54) is 18.2 Å². The summed E-state index contributed by atoms with van der Waals surface area (Å²) in [6.07, 6.45) is 0.887. The molecule has 1 atom stereocenters. The number of hydrogen-bond acceptors (Lipinski definition) is 5. The molecule has 0 fully saturated rings. The normalized spacial score (nSPS) is 11.8. The maximum absolute atomic E-state index is 12.4. The molecular weight excluding hydrogens is 372 g/mol. The van der Waals surface area contributed by atoms with Crippen LogP contribution in [-0.4, -0.2) is 17.9 Å². The molecule has 150 valence electrons. The third kappa shape index (κ3) is 4.82. The molecule has 1 aromatic heterocycles. The van der Waals surface area contributed by atoms with Gasteiger partial charge in [-0.1, -0.05) is 13.3 Å². The zero-order valence-corrected chi connectivity index (χ0v) is 16.2. The number of amides is 2. The zero-order chi connectivity index (χ0) is 21.0. The first-order valence-electron chi connectivity index (χ1n) is 9.31. The van der Waals surface area contributed by atoms with Crippen LogP contribution in [0.4, 0.5) is 5.69 Å². The Kier molecular flexibility index (Phi) is 5.97. The van der Waals surface area contributed by atoms with Crippen LogP contribution >= 0.6 is 0 Å². The summed E-state index contributed by atoms with van der Waals surface area (Å²) < 4.78 is 11.0. The number of fused-ring (bicyclic) bond motifs is 1. The zero-order valence-electron chi connectivity index (χ0n) is 16.2. The molecule has 2 aromatic carbocycles. The summed E-state index contributed by atoms with van der Waals surface area (Å²) in [5.41, 5.74) is 7.01. The van der Waals surface area contributed by atoms with Crippen molar-refractivity contribution in [2.75, 3.05) is 5.32 Å². The fourth-order valence-electron chi connectivity index (χ4n) is 2.98. The number of ether oxygens (including phenoxy) is 1. The van der Waals surface area contributed by atoms with Crippen LogP contribution in [0.1, 0.15) is 36.2 Å². The summed E-state index contributed by atoms with van der Waals surface area (Å²) >= 11 is 0. The van der Waals surface area contributed by atoms with Gasteiger partial charge in [0.25, 0.3) is 5.91 Å². The summed E-state index contributed by atoms with van der Waals surface area (Å²) in [7, 11) is 0. The van der Waals surface area contributed by atoms with Crippen LogP contribution in [0, 0.1) is 0 Å². The molecule has 0 saturated heterocycles. The van der Waals surface area contributed by atoms with Crippen molar-refractivity contribution >= 4 is 28.5 Å². The summed E-state index contributed by atoms with van der Waals surface area (Å²) in [6.45, 7) is 3.65. The standard InChI is InChI=1S/C22H22N2O5/c1-3-4-15-11-20(25)29-19-12-17(9-10-18(15)19)28-13(2)22(27)24-16-7-5-14(6-8-16)21(23)26/h5-13H,3-4H2,1-2H3,(H2,23,26)(H,24,27). The van der Waals surface area contributed by atoms with E-state index in [1.54, 1.807) is 31.2 Å². The van der Waals surface area contributed by atoms with Gasteiger partial charge >= 0.3 is 5.63 Å². The minimum absolute atomic E-state index is 0.354. The predicted octanol–water partition coefficient (Wildman–Crippen LogP) is 3.25. The molecule has 3 N–H and O–H groups in total. The molecule has 0 aliphatic rings. The smallest absolute Gasteiger partial charge is 0.336 e. The molecule has 0 radical (unpaired) electrons. The largest absolute Gasteiger partial charge is 0.481 e. The van der Waals surface area contributed by atoms with Crippen molar-refractivity contribution in [1.29, 1.82) is 0 Å². The summed E-state index contributed by atoms with van der Waals surface area (Å²) in [5, 5.41) is 3.56. The number of anilines is 1. The lowest BCUT2D eigenvalue weighted by Crippen LogP contribution is -2.30. The lowest BCUT2D eigenvalue weighted by atomic mass is 10.1. The Balaban J connectivity index is 1.73. The Bertz CT molecular complexity index is 1100. The van der Waals surface area contributed by atoms with Crippen molar-refractivity contribution in [1.82, 2.24) is 0 Å². The van der Waals surface area contributed by atoms with Gasteiger partial charge in [-0.15, -0.1) is 0 Å². The molecule has 3 aromatic rings. The van der Waals surface area contributed by atoms with E-state index in [0.717, 1.165) is 23.8 Å². The molecule has 0 aliphatic carbocycles. The van der Waals surface area contributed by atoms with Crippen molar-refractivity contribution < 1.29 is 18.7 Å². The highest BCUT2D eigenvalue weighted by Gasteiger charge is 2.16. The van der Waals surface area contributed by atoms with E-state index in [1.807, 2.05) is 13.0 Å². The van der Waals surface area contributed by atoms with Gasteiger partial charge in [0.15, 0.2) is 6.10 Å². The van der Waals surface area contributed by atoms with Crippen LogP contribution < -0.4 is 21.4 Å². The highest BCUT2D eigenvalue weighted by atomic mass is 16.5. The van der Waals surface area contributed by atoms with Gasteiger partial charge in [-0.3, -0.25) is 9.59 Å². The molecule has 7 heteroatoms. The maximum Gasteiger partial charge on any atom is 0.336 e. The Labute approximate surface area is 167 Å². The van der Waals surface area contributed by atoms with E-state index < -0.39 is 17.6 Å². The Morgan fingerprint density at radius 2 is 1.86 bits per heavy atom. The molecule has 0 saturated carbocycles. The Morgan fingerprint density at radius 3 is 2.52 bits per heavy atom. The molecule has 0 bridgehead atoms. The van der Waals surface area contributed by atoms with Gasteiger partial charge in [0.1, 0.15) is 11.3 Å². The second-order valence-corrected chi connectivity index (χ2v) is 6.69. The van der Waals surface area contributed by atoms with Crippen LogP contribution in [0.2, 0.25) is 0 Å². The molecule has 3 rings (SSSR count). The van der Waals surface area contributed by atoms with Crippen molar-refractivity contribution in [3.63, 3.8) is 0 Å². The molecule has 1 heterocycles. The van der Waals surface area contributed by atoms with E-state index in [0.29, 0.717) is 22.6 Å². The van der Waals surface area contributed by atoms with E-state index in [9.17, 15) is 14.4 Å². The number of nitrogens with one attached hydrogen (secondary N) is 1. The first kappa shape index (κ1) is 20.1. The fourth-order valence-corrected chi connectivity index (χ4v) is 2.98. The highest BCUT2D eigenvalue weighted by molar-refractivity contribution is 5.96. The van der Waals surface area contributed by atoms with Crippen LogP contribution in [0.3, 0.4) is 0 Å². The van der Waals surface area contributed by atoms with E-state index in [4.69, 9.17) is 14.9 Å². The first-order valence-corrected chi connectivity index (χ1v) is 9.31. The fraction of sp³-hybridized carbons (Fsp3) is 0.227. The van der Waals surface area contributed by atoms with E-state index in [2.05, 4.69) is 5.32 Å². The third-order valence-electron chi connectivity index (χ3n) is 4.44. The molecule has 29 heavy (non-hydrogen) atoms. The summed E-state index contributed by atoms with van der Waals surface area (Å²) in [6, 6.07) is 12.9. The lowest BCUT2D eigenvalue weighted by Gasteiger charge is -2.15. The van der Waals surface area contributed by atoms with Crippen molar-refractivity contribution in [2.45, 2.75) is 32.8 Å². The Hall–Kier alpha value is -3.61. The summed E-state index contributed by atoms with van der Waals surface area (Å²) in [5.74, 6) is -0.483. The molecule has 1 unspecified atom stereocenters. The number of nitrogens with two attached hydrogens (primary N) is 1. The van der Waals surface area contributed by atoms with Crippen molar-refractivity contribution in [2.24, 2.45) is 5.73 Å². The molecule has 7 nitrogen and oxygen atoms in total. The number of primary amides is 1. The van der Waals surface area contributed by atoms with Crippen molar-refractivity contribution in [3.8, 4) is 5.75 Å². The van der Waals surface area contributed by atoms with E-state index in [-0.39, 0.29) is 5.91 Å². The second-order valence-electron chi connectivity index (χ2n) is 6.69. The van der Waals surface area contributed by atoms with Gasteiger partial charge in [0, 0.05) is 28.8 Å². The predicted molar refractivity (Wildman–Crippen MR) is 110 cm³/mol. The number of carbonyl (C=O) groups excluding carboxylic acids is 2. The van der Waals surface area contributed by atoms with Crippen LogP contribution in [-0.2, 0) is 11.2 Å². The molecule has 0 spiro atoms. The van der Waals surface area contributed by atoms with Gasteiger partial charge in [0.2, 0.25) is 5.91 Å². The number of benzene rings is 2. The number of carbonyl (C=O) groups is 2. The van der Waals surface area contributed by atoms with Crippen LogP contribution in [0.15, 0.2) is 57.7 Å².